The average molecular weight is 501 g/mol. The Hall–Kier alpha value is -3.42. The zero-order valence-corrected chi connectivity index (χ0v) is 21.6. The topological polar surface area (TPSA) is 92.0 Å². The molecule has 188 valence electrons. The molecule has 0 spiro atoms. The van der Waals surface area contributed by atoms with E-state index in [-0.39, 0.29) is 35.4 Å². The summed E-state index contributed by atoms with van der Waals surface area (Å²) in [6.07, 6.45) is 0.782. The maximum Gasteiger partial charge on any atom is 0.255 e. The fraction of sp³-hybridized carbons (Fsp3) is 0.296. The van der Waals surface area contributed by atoms with Crippen molar-refractivity contribution in [3.63, 3.8) is 0 Å². The molecule has 0 bridgehead atoms. The van der Waals surface area contributed by atoms with Crippen LogP contribution in [0.25, 0.3) is 0 Å². The van der Waals surface area contributed by atoms with Gasteiger partial charge in [0.15, 0.2) is 11.5 Å². The van der Waals surface area contributed by atoms with Crippen LogP contribution < -0.4 is 30.0 Å². The smallest absolute Gasteiger partial charge is 0.255 e. The van der Waals surface area contributed by atoms with E-state index in [0.29, 0.717) is 30.3 Å². The molecule has 0 fully saturated rings. The van der Waals surface area contributed by atoms with Gasteiger partial charge in [0.2, 0.25) is 11.5 Å². The van der Waals surface area contributed by atoms with Crippen LogP contribution in [0.4, 0.5) is 0 Å². The summed E-state index contributed by atoms with van der Waals surface area (Å²) in [4.78, 5) is 13.2. The summed E-state index contributed by atoms with van der Waals surface area (Å²) >= 11 is 0. The molecule has 0 saturated heterocycles. The number of nitrogens with one attached hydrogen (secondary N) is 1. The molecule has 7 nitrogen and oxygen atoms in total. The van der Waals surface area contributed by atoms with Gasteiger partial charge < -0.3 is 30.0 Å². The second-order valence-corrected chi connectivity index (χ2v) is 7.99. The largest absolute Gasteiger partial charge is 0.492 e. The van der Waals surface area contributed by atoms with Crippen LogP contribution in [0.2, 0.25) is 0 Å². The second kappa shape index (κ2) is 12.9. The molecule has 0 saturated carbocycles. The molecule has 1 amide bonds. The lowest BCUT2D eigenvalue weighted by Gasteiger charge is -2.19. The fourth-order valence-electron chi connectivity index (χ4n) is 3.89. The number of methoxy groups -OCH3 is 3. The fourth-order valence-corrected chi connectivity index (χ4v) is 3.89. The van der Waals surface area contributed by atoms with Crippen molar-refractivity contribution in [2.24, 2.45) is 5.73 Å². The van der Waals surface area contributed by atoms with Crippen molar-refractivity contribution in [3.8, 4) is 28.7 Å². The van der Waals surface area contributed by atoms with E-state index in [1.54, 1.807) is 6.07 Å². The molecule has 0 atom stereocenters. The van der Waals surface area contributed by atoms with Crippen molar-refractivity contribution in [3.05, 3.63) is 76.3 Å². The Morgan fingerprint density at radius 2 is 1.43 bits per heavy atom. The highest BCUT2D eigenvalue weighted by Gasteiger charge is 2.26. The summed E-state index contributed by atoms with van der Waals surface area (Å²) in [5.41, 5.74) is 10.3. The van der Waals surface area contributed by atoms with Gasteiger partial charge >= 0.3 is 0 Å². The third-order valence-electron chi connectivity index (χ3n) is 5.33. The van der Waals surface area contributed by atoms with Gasteiger partial charge in [-0.3, -0.25) is 4.79 Å². The lowest BCUT2D eigenvalue weighted by molar-refractivity contribution is 0.0946. The molecule has 0 aromatic heterocycles. The number of rotatable bonds is 10. The van der Waals surface area contributed by atoms with Crippen LogP contribution in [0.1, 0.15) is 32.6 Å². The molecule has 0 aliphatic rings. The number of hydrogen-bond donors (Lipinski definition) is 2. The van der Waals surface area contributed by atoms with Gasteiger partial charge in [-0.1, -0.05) is 41.5 Å². The van der Waals surface area contributed by atoms with Crippen LogP contribution in [0.15, 0.2) is 48.5 Å². The number of nitrogens with two attached hydrogens (primary N) is 1. The van der Waals surface area contributed by atoms with Crippen LogP contribution in [0.3, 0.4) is 0 Å². The SMILES string of the molecule is COc1c(Oc2ccc(CCN)cc2)cc(C(=O)NCc2cc(C)cc(C)c2)c(OC)c1OC.Cl. The Morgan fingerprint density at radius 1 is 0.829 bits per heavy atom. The minimum absolute atomic E-state index is 0. The summed E-state index contributed by atoms with van der Waals surface area (Å²) in [7, 11) is 4.48. The summed E-state index contributed by atoms with van der Waals surface area (Å²) in [6.45, 7) is 5.01. The summed E-state index contributed by atoms with van der Waals surface area (Å²) in [5.74, 6) is 1.48. The molecule has 0 heterocycles. The molecular formula is C27H33ClN2O5. The normalized spacial score (nSPS) is 10.2. The van der Waals surface area contributed by atoms with E-state index in [9.17, 15) is 4.79 Å². The summed E-state index contributed by atoms with van der Waals surface area (Å²) in [5, 5.41) is 2.96. The lowest BCUT2D eigenvalue weighted by Crippen LogP contribution is -2.23. The van der Waals surface area contributed by atoms with E-state index in [2.05, 4.69) is 11.4 Å². The molecule has 3 N–H and O–H groups in total. The van der Waals surface area contributed by atoms with Crippen LogP contribution >= 0.6 is 12.4 Å². The molecular weight excluding hydrogens is 468 g/mol. The van der Waals surface area contributed by atoms with Gasteiger partial charge in [0.25, 0.3) is 5.91 Å². The summed E-state index contributed by atoms with van der Waals surface area (Å²) in [6, 6.07) is 15.4. The predicted octanol–water partition coefficient (Wildman–Crippen LogP) is 4.97. The van der Waals surface area contributed by atoms with Crippen molar-refractivity contribution < 1.29 is 23.7 Å². The van der Waals surface area contributed by atoms with Crippen LogP contribution in [0.5, 0.6) is 28.7 Å². The number of amides is 1. The second-order valence-electron chi connectivity index (χ2n) is 7.99. The minimum Gasteiger partial charge on any atom is -0.492 e. The zero-order chi connectivity index (χ0) is 24.7. The number of hydrogen-bond acceptors (Lipinski definition) is 6. The van der Waals surface area contributed by atoms with Gasteiger partial charge in [-0.05, 0) is 50.1 Å². The first-order valence-electron chi connectivity index (χ1n) is 11.0. The highest BCUT2D eigenvalue weighted by atomic mass is 35.5. The van der Waals surface area contributed by atoms with Crippen molar-refractivity contribution in [2.45, 2.75) is 26.8 Å². The predicted molar refractivity (Wildman–Crippen MR) is 140 cm³/mol. The Bertz CT molecular complexity index is 1130. The zero-order valence-electron chi connectivity index (χ0n) is 20.8. The highest BCUT2D eigenvalue weighted by molar-refractivity contribution is 5.99. The van der Waals surface area contributed by atoms with E-state index in [1.807, 2.05) is 50.2 Å². The molecule has 0 unspecified atom stereocenters. The van der Waals surface area contributed by atoms with E-state index in [0.717, 1.165) is 28.7 Å². The quantitative estimate of drug-likeness (QED) is 0.408. The van der Waals surface area contributed by atoms with E-state index in [1.165, 1.54) is 21.3 Å². The number of ether oxygens (including phenoxy) is 4. The number of benzene rings is 3. The minimum atomic E-state index is -0.319. The Morgan fingerprint density at radius 3 is 1.97 bits per heavy atom. The van der Waals surface area contributed by atoms with E-state index in [4.69, 9.17) is 24.7 Å². The number of carbonyl (C=O) groups is 1. The number of halogens is 1. The molecule has 3 aromatic carbocycles. The van der Waals surface area contributed by atoms with Gasteiger partial charge in [0.05, 0.1) is 26.9 Å². The van der Waals surface area contributed by atoms with Crippen LogP contribution in [-0.4, -0.2) is 33.8 Å². The van der Waals surface area contributed by atoms with Crippen molar-refractivity contribution >= 4 is 18.3 Å². The van der Waals surface area contributed by atoms with Crippen LogP contribution in [0, 0.1) is 13.8 Å². The van der Waals surface area contributed by atoms with Gasteiger partial charge in [-0.15, -0.1) is 12.4 Å². The molecule has 3 aromatic rings. The molecule has 8 heteroatoms. The molecule has 35 heavy (non-hydrogen) atoms. The Balaban J connectivity index is 0.00000432. The van der Waals surface area contributed by atoms with Crippen molar-refractivity contribution in [1.82, 2.24) is 5.32 Å². The van der Waals surface area contributed by atoms with E-state index >= 15 is 0 Å². The lowest BCUT2D eigenvalue weighted by atomic mass is 10.1. The van der Waals surface area contributed by atoms with Gasteiger partial charge in [0, 0.05) is 12.6 Å². The Kier molecular flexibility index (Phi) is 10.2. The number of aryl methyl sites for hydroxylation is 2. The third-order valence-corrected chi connectivity index (χ3v) is 5.33. The van der Waals surface area contributed by atoms with Crippen LogP contribution in [-0.2, 0) is 13.0 Å². The van der Waals surface area contributed by atoms with Crippen molar-refractivity contribution in [1.29, 1.82) is 0 Å². The summed E-state index contributed by atoms with van der Waals surface area (Å²) < 4.78 is 22.7. The molecule has 3 rings (SSSR count). The van der Waals surface area contributed by atoms with E-state index < -0.39 is 0 Å². The molecule has 0 radical (unpaired) electrons. The first-order valence-corrected chi connectivity index (χ1v) is 11.0. The van der Waals surface area contributed by atoms with Gasteiger partial charge in [-0.25, -0.2) is 0 Å². The molecule has 0 aliphatic heterocycles. The maximum absolute atomic E-state index is 13.2. The van der Waals surface area contributed by atoms with Crippen molar-refractivity contribution in [2.75, 3.05) is 27.9 Å². The first-order chi connectivity index (χ1) is 16.4. The first kappa shape index (κ1) is 27.8. The average Bonchev–Trinajstić information content (AvgIpc) is 2.82. The highest BCUT2D eigenvalue weighted by Crippen LogP contribution is 2.47. The van der Waals surface area contributed by atoms with Gasteiger partial charge in [0.1, 0.15) is 5.75 Å². The Labute approximate surface area is 212 Å². The molecule has 0 aliphatic carbocycles. The monoisotopic (exact) mass is 500 g/mol. The third kappa shape index (κ3) is 6.81. The van der Waals surface area contributed by atoms with Gasteiger partial charge in [-0.2, -0.15) is 0 Å². The standard InChI is InChI=1S/C27H32N2O5.ClH/c1-17-12-18(2)14-20(13-17)16-29-27(30)22-15-23(25(32-4)26(33-5)24(22)31-3)34-21-8-6-19(7-9-21)10-11-28;/h6-9,12-15H,10-11,16,28H2,1-5H3,(H,29,30);1H. The number of carbonyl (C=O) groups excluding carboxylic acids is 1. The maximum atomic E-state index is 13.2.